The summed E-state index contributed by atoms with van der Waals surface area (Å²) in [7, 11) is 1.57. The van der Waals surface area contributed by atoms with Crippen LogP contribution in [0.3, 0.4) is 0 Å². The molecule has 3 N–H and O–H groups in total. The molecule has 1 aromatic heterocycles. The maximum absolute atomic E-state index is 13.7. The number of anilines is 1. The number of carboxylic acid groups (broad SMARTS) is 1. The van der Waals surface area contributed by atoms with Gasteiger partial charge in [0.1, 0.15) is 17.8 Å². The van der Waals surface area contributed by atoms with E-state index in [1.165, 1.54) is 12.4 Å². The quantitative estimate of drug-likeness (QED) is 0.291. The first-order valence-electron chi connectivity index (χ1n) is 14.3. The average molecular weight is 640 g/mol. The molecule has 3 amide bonds. The summed E-state index contributed by atoms with van der Waals surface area (Å²) in [6.45, 7) is 0. The molecular formula is C32H32Cl2N4O6. The third-order valence-electron chi connectivity index (χ3n) is 8.30. The van der Waals surface area contributed by atoms with Gasteiger partial charge in [-0.1, -0.05) is 47.5 Å². The van der Waals surface area contributed by atoms with Gasteiger partial charge in [-0.15, -0.1) is 0 Å². The van der Waals surface area contributed by atoms with Crippen LogP contribution in [0.25, 0.3) is 0 Å². The second-order valence-electron chi connectivity index (χ2n) is 11.1. The van der Waals surface area contributed by atoms with Crippen LogP contribution >= 0.6 is 23.2 Å². The van der Waals surface area contributed by atoms with Crippen molar-refractivity contribution in [1.29, 1.82) is 0 Å². The topological polar surface area (TPSA) is 138 Å². The molecule has 2 bridgehead atoms. The second-order valence-corrected chi connectivity index (χ2v) is 11.9. The maximum Gasteiger partial charge on any atom is 0.326 e. The number of pyridine rings is 1. The summed E-state index contributed by atoms with van der Waals surface area (Å²) in [5.74, 6) is -1.64. The van der Waals surface area contributed by atoms with Crippen LogP contribution < -0.4 is 15.4 Å². The molecule has 1 aliphatic carbocycles. The smallest absolute Gasteiger partial charge is 0.326 e. The Labute approximate surface area is 264 Å². The predicted octanol–water partition coefficient (Wildman–Crippen LogP) is 4.77. The number of nitrogens with one attached hydrogen (secondary N) is 2. The summed E-state index contributed by atoms with van der Waals surface area (Å²) in [6, 6.07) is 11.8. The zero-order valence-electron chi connectivity index (χ0n) is 24.0. The lowest BCUT2D eigenvalue weighted by molar-refractivity contribution is -0.154. The lowest BCUT2D eigenvalue weighted by Crippen LogP contribution is -2.64. The Balaban J connectivity index is 1.25. The van der Waals surface area contributed by atoms with E-state index in [9.17, 15) is 24.3 Å². The van der Waals surface area contributed by atoms with Gasteiger partial charge in [0.05, 0.1) is 29.1 Å². The highest BCUT2D eigenvalue weighted by atomic mass is 35.5. The van der Waals surface area contributed by atoms with E-state index in [1.54, 1.807) is 48.4 Å². The molecule has 3 aromatic rings. The standard InChI is InChI=1S/C32H32Cl2N4O6/c1-44-23-12-4-19(5-13-23)15-27(39)38-22-10-6-20(7-11-22)29(38)31(41)37-26(32(42)43)14-18-2-8-21(9-3-18)36-30(40)28-24(33)16-35-17-25(28)34/h2-5,8-9,12-13,16-17,20,22,26,29H,6-7,10-11,14-15H2,1H3,(H,36,40)(H,37,41)(H,42,43)/t20?,22?,26-,29-/m0/s1. The number of aliphatic carboxylic acids is 1. The van der Waals surface area contributed by atoms with Gasteiger partial charge in [-0.05, 0) is 67.0 Å². The summed E-state index contributed by atoms with van der Waals surface area (Å²) in [4.78, 5) is 57.6. The van der Waals surface area contributed by atoms with Crippen LogP contribution in [0.1, 0.15) is 47.2 Å². The van der Waals surface area contributed by atoms with E-state index in [4.69, 9.17) is 27.9 Å². The number of carboxylic acids is 1. The van der Waals surface area contributed by atoms with Crippen molar-refractivity contribution < 1.29 is 29.0 Å². The van der Waals surface area contributed by atoms with Gasteiger partial charge in [-0.3, -0.25) is 19.4 Å². The molecule has 1 saturated carbocycles. The van der Waals surface area contributed by atoms with E-state index >= 15 is 0 Å². The number of halogens is 2. The third kappa shape index (κ3) is 6.97. The number of methoxy groups -OCH3 is 1. The number of nitrogens with zero attached hydrogens (tertiary/aromatic N) is 2. The molecule has 2 aromatic carbocycles. The van der Waals surface area contributed by atoms with E-state index in [-0.39, 0.29) is 46.3 Å². The predicted molar refractivity (Wildman–Crippen MR) is 165 cm³/mol. The number of hydrogen-bond donors (Lipinski definition) is 3. The van der Waals surface area contributed by atoms with Crippen LogP contribution in [-0.4, -0.2) is 63.9 Å². The molecular weight excluding hydrogens is 607 g/mol. The molecule has 2 atom stereocenters. The minimum Gasteiger partial charge on any atom is -0.497 e. The van der Waals surface area contributed by atoms with Gasteiger partial charge in [-0.2, -0.15) is 0 Å². The molecule has 0 unspecified atom stereocenters. The number of carbonyl (C=O) groups is 4. The monoisotopic (exact) mass is 638 g/mol. The van der Waals surface area contributed by atoms with Gasteiger partial charge >= 0.3 is 5.97 Å². The molecule has 3 heterocycles. The fraction of sp³-hybridized carbons (Fsp3) is 0.344. The molecule has 44 heavy (non-hydrogen) atoms. The number of carbonyl (C=O) groups excluding carboxylic acids is 3. The van der Waals surface area contributed by atoms with E-state index in [1.807, 2.05) is 12.1 Å². The first-order valence-corrected chi connectivity index (χ1v) is 15.1. The Kier molecular flexibility index (Phi) is 9.71. The van der Waals surface area contributed by atoms with Crippen LogP contribution in [-0.2, 0) is 27.2 Å². The third-order valence-corrected chi connectivity index (χ3v) is 8.87. The molecule has 2 saturated heterocycles. The highest BCUT2D eigenvalue weighted by molar-refractivity contribution is 6.40. The zero-order valence-corrected chi connectivity index (χ0v) is 25.5. The number of ether oxygens (including phenoxy) is 1. The van der Waals surface area contributed by atoms with Crippen LogP contribution in [0.4, 0.5) is 5.69 Å². The number of hydrogen-bond acceptors (Lipinski definition) is 6. The number of rotatable bonds is 10. The lowest BCUT2D eigenvalue weighted by Gasteiger charge is -2.50. The SMILES string of the molecule is COc1ccc(CC(=O)N2C3CCC(CC3)[C@H]2C(=O)N[C@@H](Cc2ccc(NC(=O)c3c(Cl)cncc3Cl)cc2)C(=O)O)cc1. The largest absolute Gasteiger partial charge is 0.497 e. The van der Waals surface area contributed by atoms with Crippen molar-refractivity contribution in [3.63, 3.8) is 0 Å². The van der Waals surface area contributed by atoms with Gasteiger partial charge in [-0.25, -0.2) is 4.79 Å². The molecule has 6 rings (SSSR count). The van der Waals surface area contributed by atoms with Gasteiger partial charge in [0.2, 0.25) is 11.8 Å². The molecule has 3 aliphatic rings. The Bertz CT molecular complexity index is 1520. The summed E-state index contributed by atoms with van der Waals surface area (Å²) in [5, 5.41) is 15.6. The highest BCUT2D eigenvalue weighted by Gasteiger charge is 2.47. The summed E-state index contributed by atoms with van der Waals surface area (Å²) in [5.41, 5.74) is 1.98. The lowest BCUT2D eigenvalue weighted by atomic mass is 9.74. The van der Waals surface area contributed by atoms with E-state index < -0.39 is 29.9 Å². The fourth-order valence-electron chi connectivity index (χ4n) is 6.10. The Morgan fingerprint density at radius 1 is 0.955 bits per heavy atom. The molecule has 0 spiro atoms. The number of amides is 3. The molecule has 230 valence electrons. The van der Waals surface area contributed by atoms with E-state index in [0.717, 1.165) is 31.2 Å². The normalized spacial score (nSPS) is 19.6. The summed E-state index contributed by atoms with van der Waals surface area (Å²) in [6.07, 6.45) is 6.08. The van der Waals surface area contributed by atoms with Crippen molar-refractivity contribution in [2.24, 2.45) is 5.92 Å². The van der Waals surface area contributed by atoms with Crippen molar-refractivity contribution in [3.05, 3.63) is 87.7 Å². The van der Waals surface area contributed by atoms with Crippen molar-refractivity contribution in [2.45, 2.75) is 56.7 Å². The van der Waals surface area contributed by atoms with Crippen LogP contribution in [0.15, 0.2) is 60.9 Å². The van der Waals surface area contributed by atoms with E-state index in [2.05, 4.69) is 15.6 Å². The van der Waals surface area contributed by atoms with Crippen LogP contribution in [0.2, 0.25) is 10.0 Å². The number of piperidine rings is 2. The molecule has 2 aliphatic heterocycles. The Hall–Kier alpha value is -4.15. The van der Waals surface area contributed by atoms with Crippen molar-refractivity contribution in [1.82, 2.24) is 15.2 Å². The summed E-state index contributed by atoms with van der Waals surface area (Å²) >= 11 is 12.1. The van der Waals surface area contributed by atoms with Crippen molar-refractivity contribution >= 4 is 52.6 Å². The average Bonchev–Trinajstić information content (AvgIpc) is 3.02. The Morgan fingerprint density at radius 2 is 1.57 bits per heavy atom. The van der Waals surface area contributed by atoms with Crippen molar-refractivity contribution in [3.8, 4) is 5.75 Å². The minimum atomic E-state index is -1.21. The fourth-order valence-corrected chi connectivity index (χ4v) is 6.63. The molecule has 12 heteroatoms. The minimum absolute atomic E-state index is 0.0118. The second kappa shape index (κ2) is 13.7. The zero-order chi connectivity index (χ0) is 31.4. The molecule has 10 nitrogen and oxygen atoms in total. The number of benzene rings is 2. The van der Waals surface area contributed by atoms with E-state index in [0.29, 0.717) is 17.0 Å². The van der Waals surface area contributed by atoms with Crippen LogP contribution in [0.5, 0.6) is 5.75 Å². The maximum atomic E-state index is 13.7. The number of aromatic nitrogens is 1. The first-order chi connectivity index (χ1) is 21.1. The van der Waals surface area contributed by atoms with Gasteiger partial charge in [0.25, 0.3) is 5.91 Å². The van der Waals surface area contributed by atoms with Gasteiger partial charge < -0.3 is 25.4 Å². The molecule has 3 fully saturated rings. The molecule has 0 radical (unpaired) electrons. The Morgan fingerprint density at radius 3 is 2.16 bits per heavy atom. The summed E-state index contributed by atoms with van der Waals surface area (Å²) < 4.78 is 5.20. The first kappa shape index (κ1) is 31.3. The van der Waals surface area contributed by atoms with Gasteiger partial charge in [0.15, 0.2) is 0 Å². The van der Waals surface area contributed by atoms with Gasteiger partial charge in [0, 0.05) is 30.5 Å². The highest BCUT2D eigenvalue weighted by Crippen LogP contribution is 2.40. The van der Waals surface area contributed by atoms with Crippen molar-refractivity contribution in [2.75, 3.05) is 12.4 Å². The van der Waals surface area contributed by atoms with Crippen LogP contribution in [0, 0.1) is 5.92 Å². The number of fused-ring (bicyclic) bond motifs is 3.